The Kier molecular flexibility index (Phi) is 9.37. The number of nitrogens with zero attached hydrogens (tertiary/aromatic N) is 3. The van der Waals surface area contributed by atoms with Gasteiger partial charge in [0.1, 0.15) is 18.1 Å². The lowest BCUT2D eigenvalue weighted by atomic mass is 10.0. The summed E-state index contributed by atoms with van der Waals surface area (Å²) in [5.41, 5.74) is 0. The van der Waals surface area contributed by atoms with Crippen LogP contribution in [0.3, 0.4) is 0 Å². The normalized spacial score (nSPS) is 28.7. The molecule has 1 fully saturated rings. The van der Waals surface area contributed by atoms with E-state index in [0.717, 1.165) is 0 Å². The Morgan fingerprint density at radius 2 is 1.75 bits per heavy atom. The van der Waals surface area contributed by atoms with Gasteiger partial charge in [-0.25, -0.2) is 0 Å². The molecule has 0 radical (unpaired) electrons. The Balaban J connectivity index is 1.91. The lowest BCUT2D eigenvalue weighted by Gasteiger charge is -2.30. The van der Waals surface area contributed by atoms with E-state index in [2.05, 4.69) is 31.5 Å². The van der Waals surface area contributed by atoms with Crippen molar-refractivity contribution in [3.05, 3.63) is 11.8 Å². The second-order valence-electron chi connectivity index (χ2n) is 9.73. The molecular weight excluding hydrogens is 470 g/mol. The van der Waals surface area contributed by atoms with Crippen LogP contribution in [0.15, 0.2) is 4.42 Å². The summed E-state index contributed by atoms with van der Waals surface area (Å²) in [6, 6.07) is -3.63. The third-order valence-corrected chi connectivity index (χ3v) is 6.40. The molecule has 0 saturated carbocycles. The number of nitrogens with one attached hydrogen (secondary N) is 4. The first-order valence-corrected chi connectivity index (χ1v) is 12.5. The SMILES string of the molecule is CCC1N[C@@H](C)C(=O)N2CCC[C@H]2C(=O)N[C@@H](CC(C)C)C(=O)NCC(=O)N[C@@H](CO)c2nnc1o2. The molecule has 2 bridgehead atoms. The monoisotopic (exact) mass is 507 g/mol. The molecular formula is C23H37N7O6. The molecule has 200 valence electrons. The van der Waals surface area contributed by atoms with Crippen molar-refractivity contribution in [1.29, 1.82) is 0 Å². The zero-order valence-electron chi connectivity index (χ0n) is 21.2. The van der Waals surface area contributed by atoms with Crippen LogP contribution in [-0.4, -0.2) is 81.7 Å². The molecule has 13 nitrogen and oxygen atoms in total. The van der Waals surface area contributed by atoms with Gasteiger partial charge in [0.15, 0.2) is 0 Å². The molecule has 1 unspecified atom stereocenters. The molecule has 4 amide bonds. The molecule has 3 rings (SSSR count). The summed E-state index contributed by atoms with van der Waals surface area (Å²) >= 11 is 0. The minimum atomic E-state index is -0.970. The number of aromatic nitrogens is 2. The van der Waals surface area contributed by atoms with Crippen molar-refractivity contribution in [1.82, 2.24) is 36.4 Å². The van der Waals surface area contributed by atoms with E-state index in [4.69, 9.17) is 4.42 Å². The van der Waals surface area contributed by atoms with Gasteiger partial charge in [-0.2, -0.15) is 0 Å². The van der Waals surface area contributed by atoms with Gasteiger partial charge in [-0.3, -0.25) is 24.5 Å². The standard InChI is InChI=1S/C23H37N7O6/c1-5-14-21-28-29-22(36-21)16(11-31)26-18(32)10-24-19(33)15(9-12(2)3)27-20(34)17-7-6-8-30(17)23(35)13(4)25-14/h12-17,25,31H,5-11H2,1-4H3,(H,24,33)(H,26,32)(H,27,34)/t13-,14?,15-,16-,17-/m0/s1. The van der Waals surface area contributed by atoms with Crippen LogP contribution >= 0.6 is 0 Å². The fraction of sp³-hybridized carbons (Fsp3) is 0.739. The topological polar surface area (TPSA) is 179 Å². The number of rotatable bonds is 4. The van der Waals surface area contributed by atoms with Gasteiger partial charge < -0.3 is 30.4 Å². The van der Waals surface area contributed by atoms with Crippen molar-refractivity contribution in [2.24, 2.45) is 5.92 Å². The number of carbonyl (C=O) groups is 4. The van der Waals surface area contributed by atoms with Crippen molar-refractivity contribution in [2.75, 3.05) is 19.7 Å². The summed E-state index contributed by atoms with van der Waals surface area (Å²) in [5.74, 6) is -1.39. The highest BCUT2D eigenvalue weighted by atomic mass is 16.4. The van der Waals surface area contributed by atoms with Crippen LogP contribution in [-0.2, 0) is 19.2 Å². The molecule has 2 aliphatic heterocycles. The molecule has 1 aromatic rings. The van der Waals surface area contributed by atoms with Crippen molar-refractivity contribution < 1.29 is 28.7 Å². The van der Waals surface area contributed by atoms with Gasteiger partial charge in [0, 0.05) is 6.54 Å². The summed E-state index contributed by atoms with van der Waals surface area (Å²) in [7, 11) is 0. The second kappa shape index (κ2) is 12.3. The largest absolute Gasteiger partial charge is 0.421 e. The maximum Gasteiger partial charge on any atom is 0.243 e. The van der Waals surface area contributed by atoms with Crippen molar-refractivity contribution in [3.8, 4) is 0 Å². The first-order valence-electron chi connectivity index (χ1n) is 12.5. The molecule has 36 heavy (non-hydrogen) atoms. The van der Waals surface area contributed by atoms with E-state index in [9.17, 15) is 24.3 Å². The first-order chi connectivity index (χ1) is 17.1. The number of aliphatic hydroxyl groups excluding tert-OH is 1. The number of carbonyl (C=O) groups excluding carboxylic acids is 4. The first kappa shape index (κ1) is 27.5. The third kappa shape index (κ3) is 6.58. The summed E-state index contributed by atoms with van der Waals surface area (Å²) in [6.07, 6.45) is 2.06. The zero-order chi connectivity index (χ0) is 26.4. The highest BCUT2D eigenvalue weighted by Gasteiger charge is 2.38. The average Bonchev–Trinajstić information content (AvgIpc) is 3.52. The maximum absolute atomic E-state index is 13.3. The zero-order valence-corrected chi connectivity index (χ0v) is 21.2. The molecule has 5 atom stereocenters. The minimum Gasteiger partial charge on any atom is -0.421 e. The number of aliphatic hydroxyl groups is 1. The minimum absolute atomic E-state index is 0.0112. The highest BCUT2D eigenvalue weighted by molar-refractivity contribution is 5.94. The quantitative estimate of drug-likeness (QED) is 0.352. The van der Waals surface area contributed by atoms with Crippen LogP contribution in [0.4, 0.5) is 0 Å². The fourth-order valence-corrected chi connectivity index (χ4v) is 4.51. The van der Waals surface area contributed by atoms with Gasteiger partial charge in [0.05, 0.1) is 25.2 Å². The predicted molar refractivity (Wildman–Crippen MR) is 127 cm³/mol. The Bertz CT molecular complexity index is 951. The molecule has 1 saturated heterocycles. The van der Waals surface area contributed by atoms with E-state index in [1.54, 1.807) is 11.8 Å². The van der Waals surface area contributed by atoms with E-state index in [1.165, 1.54) is 0 Å². The van der Waals surface area contributed by atoms with E-state index >= 15 is 0 Å². The van der Waals surface area contributed by atoms with Gasteiger partial charge in [0.2, 0.25) is 35.4 Å². The van der Waals surface area contributed by atoms with Crippen molar-refractivity contribution >= 4 is 23.6 Å². The smallest absolute Gasteiger partial charge is 0.243 e. The lowest BCUT2D eigenvalue weighted by Crippen LogP contribution is -2.56. The van der Waals surface area contributed by atoms with Crippen molar-refractivity contribution in [2.45, 2.75) is 83.6 Å². The predicted octanol–water partition coefficient (Wildman–Crippen LogP) is -0.700. The molecule has 13 heteroatoms. The Morgan fingerprint density at radius 3 is 2.39 bits per heavy atom. The number of amides is 4. The Labute approximate surface area is 210 Å². The molecule has 1 aromatic heterocycles. The molecule has 0 aliphatic carbocycles. The number of hydrogen-bond acceptors (Lipinski definition) is 9. The van der Waals surface area contributed by atoms with Gasteiger partial charge >= 0.3 is 0 Å². The van der Waals surface area contributed by atoms with E-state index in [-0.39, 0.29) is 30.2 Å². The maximum atomic E-state index is 13.3. The molecule has 0 aromatic carbocycles. The average molecular weight is 508 g/mol. The summed E-state index contributed by atoms with van der Waals surface area (Å²) in [6.45, 7) is 7.01. The van der Waals surface area contributed by atoms with Crippen LogP contribution in [0.2, 0.25) is 0 Å². The summed E-state index contributed by atoms with van der Waals surface area (Å²) in [4.78, 5) is 53.4. The van der Waals surface area contributed by atoms with Crippen molar-refractivity contribution in [3.63, 3.8) is 0 Å². The fourth-order valence-electron chi connectivity index (χ4n) is 4.51. The van der Waals surface area contributed by atoms with Gasteiger partial charge in [-0.05, 0) is 38.5 Å². The van der Waals surface area contributed by atoms with E-state index in [0.29, 0.717) is 32.2 Å². The third-order valence-electron chi connectivity index (χ3n) is 6.40. The lowest BCUT2D eigenvalue weighted by molar-refractivity contribution is -0.141. The highest BCUT2D eigenvalue weighted by Crippen LogP contribution is 2.22. The molecule has 3 heterocycles. The molecule has 0 spiro atoms. The Hall–Kier alpha value is -3.06. The van der Waals surface area contributed by atoms with Gasteiger partial charge in [-0.1, -0.05) is 20.8 Å². The molecule has 2 aliphatic rings. The second-order valence-corrected chi connectivity index (χ2v) is 9.73. The van der Waals surface area contributed by atoms with Gasteiger partial charge in [-0.15, -0.1) is 10.2 Å². The summed E-state index contributed by atoms with van der Waals surface area (Å²) < 4.78 is 5.72. The van der Waals surface area contributed by atoms with Crippen LogP contribution in [0.5, 0.6) is 0 Å². The summed E-state index contributed by atoms with van der Waals surface area (Å²) in [5, 5.41) is 28.9. The Morgan fingerprint density at radius 1 is 1.06 bits per heavy atom. The van der Waals surface area contributed by atoms with Gasteiger partial charge in [0.25, 0.3) is 0 Å². The van der Waals surface area contributed by atoms with E-state index < -0.39 is 54.5 Å². The van der Waals surface area contributed by atoms with Crippen LogP contribution < -0.4 is 21.3 Å². The number of hydrogen-bond donors (Lipinski definition) is 5. The van der Waals surface area contributed by atoms with Crippen LogP contribution in [0.25, 0.3) is 0 Å². The van der Waals surface area contributed by atoms with Crippen LogP contribution in [0.1, 0.15) is 77.2 Å². The van der Waals surface area contributed by atoms with E-state index in [1.807, 2.05) is 20.8 Å². The van der Waals surface area contributed by atoms with Crippen LogP contribution in [0, 0.1) is 5.92 Å². The molecule has 5 N–H and O–H groups in total. The number of fused-ring (bicyclic) bond motifs is 3.